The summed E-state index contributed by atoms with van der Waals surface area (Å²) in [5.74, 6) is 0. The minimum atomic E-state index is 0. The molecule has 6 nitrogen and oxygen atoms in total. The van der Waals surface area contributed by atoms with E-state index in [0.29, 0.717) is 0 Å². The summed E-state index contributed by atoms with van der Waals surface area (Å²) in [6.45, 7) is 0. The van der Waals surface area contributed by atoms with Crippen LogP contribution in [0, 0.1) is 7.43 Å². The predicted octanol–water partition coefficient (Wildman–Crippen LogP) is -1.36. The fraction of sp³-hybridized carbons (Fsp3) is 0. The normalized spacial score (nSPS) is 0. The molecule has 0 amide bonds. The van der Waals surface area contributed by atoms with E-state index in [1.54, 1.807) is 0 Å². The molecule has 0 aromatic carbocycles. The Bertz CT molecular complexity index is 8.49. The van der Waals surface area contributed by atoms with Gasteiger partial charge in [-0.05, 0) is 0 Å². The third-order valence-corrected chi connectivity index (χ3v) is 0. The number of hydrogen-bond donors (Lipinski definition) is 0. The van der Waals surface area contributed by atoms with Gasteiger partial charge in [-0.15, -0.1) is 0 Å². The van der Waals surface area contributed by atoms with Crippen LogP contribution in [-0.4, -0.2) is 78.3 Å². The Hall–Kier alpha value is 1.24. The Morgan fingerprint density at radius 3 is 0.375 bits per heavy atom. The second kappa shape index (κ2) is 281. The van der Waals surface area contributed by atoms with Crippen LogP contribution < -0.4 is 0 Å². The first-order valence-corrected chi connectivity index (χ1v) is 0. The standard InChI is InChI=1S/C.6H2O.Sr/h;6*1H2;/q+4;;;;;;;+2/p-6. The van der Waals surface area contributed by atoms with Crippen LogP contribution in [0.3, 0.4) is 0 Å². The fourth-order valence-corrected chi connectivity index (χ4v) is 0. The van der Waals surface area contributed by atoms with Crippen molar-refractivity contribution in [2.45, 2.75) is 0 Å². The first-order chi connectivity index (χ1) is 0. The molecule has 0 saturated heterocycles. The van der Waals surface area contributed by atoms with Gasteiger partial charge < -0.3 is 32.9 Å². The van der Waals surface area contributed by atoms with Crippen LogP contribution in [-0.2, 0) is 0 Å². The maximum atomic E-state index is 0. The molecule has 0 bridgehead atoms. The smallest absolute Gasteiger partial charge is 0.870 e. The van der Waals surface area contributed by atoms with E-state index in [9.17, 15) is 0 Å². The Morgan fingerprint density at radius 2 is 0.375 bits per heavy atom. The zero-order chi connectivity index (χ0) is 0. The van der Waals surface area contributed by atoms with Crippen molar-refractivity contribution >= 4 is 45.5 Å². The predicted molar refractivity (Wildman–Crippen MR) is 20.6 cm³/mol. The van der Waals surface area contributed by atoms with Crippen LogP contribution >= 0.6 is 0 Å². The second-order valence-electron chi connectivity index (χ2n) is 0. The zero-order valence-electron chi connectivity index (χ0n) is 3.89. The molecule has 6 N–H and O–H groups in total. The molecule has 0 saturated carbocycles. The molecule has 0 unspecified atom stereocenters. The third-order valence-electron chi connectivity index (χ3n) is 0. The quantitative estimate of drug-likeness (QED) is 0.436. The minimum absolute atomic E-state index is 0. The van der Waals surface area contributed by atoms with E-state index in [4.69, 9.17) is 0 Å². The summed E-state index contributed by atoms with van der Waals surface area (Å²) >= 11 is 0. The van der Waals surface area contributed by atoms with E-state index in [1.165, 1.54) is 0 Å². The van der Waals surface area contributed by atoms with Gasteiger partial charge in [0.15, 0.2) is 0 Å². The largest absolute Gasteiger partial charge is 4.00 e. The van der Waals surface area contributed by atoms with E-state index in [1.807, 2.05) is 0 Å². The van der Waals surface area contributed by atoms with Crippen molar-refractivity contribution in [3.63, 3.8) is 0 Å². The van der Waals surface area contributed by atoms with Gasteiger partial charge in [0.05, 0.1) is 0 Å². The molecule has 7 heteroatoms. The van der Waals surface area contributed by atoms with Crippen LogP contribution in [0.2, 0.25) is 0 Å². The maximum absolute atomic E-state index is 0. The summed E-state index contributed by atoms with van der Waals surface area (Å²) in [5, 5.41) is 0. The van der Waals surface area contributed by atoms with Gasteiger partial charge in [-0.2, -0.15) is 0 Å². The molecule has 0 spiro atoms. The molecule has 0 aliphatic heterocycles. The molecule has 0 fully saturated rings. The van der Waals surface area contributed by atoms with Crippen molar-refractivity contribution in [3.8, 4) is 0 Å². The maximum Gasteiger partial charge on any atom is 4.00 e. The van der Waals surface area contributed by atoms with Crippen molar-refractivity contribution < 1.29 is 32.9 Å². The van der Waals surface area contributed by atoms with Crippen LogP contribution in [0.1, 0.15) is 0 Å². The van der Waals surface area contributed by atoms with Gasteiger partial charge in [0, 0.05) is 0 Å². The van der Waals surface area contributed by atoms with Gasteiger partial charge in [-0.25, -0.2) is 0 Å². The topological polar surface area (TPSA) is 180 Å². The molecular formula is CH6O6Sr. The fourth-order valence-electron chi connectivity index (χ4n) is 0. The van der Waals surface area contributed by atoms with Crippen molar-refractivity contribution in [1.29, 1.82) is 0 Å². The van der Waals surface area contributed by atoms with Crippen LogP contribution in [0.4, 0.5) is 0 Å². The summed E-state index contributed by atoms with van der Waals surface area (Å²) in [7, 11) is 0. The zero-order valence-corrected chi connectivity index (χ0v) is 7.37. The van der Waals surface area contributed by atoms with Gasteiger partial charge in [0.2, 0.25) is 0 Å². The van der Waals surface area contributed by atoms with E-state index in [2.05, 4.69) is 0 Å². The Labute approximate surface area is 85.0 Å². The van der Waals surface area contributed by atoms with Gasteiger partial charge in [0.1, 0.15) is 0 Å². The average molecular weight is 202 g/mol. The molecule has 0 atom stereocenters. The Morgan fingerprint density at radius 1 is 0.375 bits per heavy atom. The number of rotatable bonds is 0. The van der Waals surface area contributed by atoms with Crippen molar-refractivity contribution in [2.75, 3.05) is 0 Å². The van der Waals surface area contributed by atoms with Gasteiger partial charge in [-0.1, -0.05) is 0 Å². The summed E-state index contributed by atoms with van der Waals surface area (Å²) < 4.78 is 0. The first kappa shape index (κ1) is 408. The molecular weight excluding hydrogens is 196 g/mol. The summed E-state index contributed by atoms with van der Waals surface area (Å²) in [6, 6.07) is 0. The van der Waals surface area contributed by atoms with E-state index in [0.717, 1.165) is 0 Å². The molecule has 48 valence electrons. The van der Waals surface area contributed by atoms with Crippen LogP contribution in [0.5, 0.6) is 0 Å². The summed E-state index contributed by atoms with van der Waals surface area (Å²) in [6.07, 6.45) is 0. The van der Waals surface area contributed by atoms with E-state index >= 15 is 0 Å². The van der Waals surface area contributed by atoms with E-state index < -0.39 is 0 Å². The molecule has 0 rings (SSSR count). The average Bonchev–Trinajstić information content (AvgIpc) is 0. The summed E-state index contributed by atoms with van der Waals surface area (Å²) in [4.78, 5) is 0. The van der Waals surface area contributed by atoms with Gasteiger partial charge in [-0.3, -0.25) is 0 Å². The summed E-state index contributed by atoms with van der Waals surface area (Å²) in [5.41, 5.74) is 0. The van der Waals surface area contributed by atoms with Gasteiger partial charge >= 0.3 is 52.9 Å². The molecule has 0 radical (unpaired) electrons. The molecule has 8 heavy (non-hydrogen) atoms. The first-order valence-electron chi connectivity index (χ1n) is 0. The number of hydrogen-bond acceptors (Lipinski definition) is 6. The van der Waals surface area contributed by atoms with Gasteiger partial charge in [0.25, 0.3) is 0 Å². The van der Waals surface area contributed by atoms with Crippen molar-refractivity contribution in [3.05, 3.63) is 7.43 Å². The van der Waals surface area contributed by atoms with E-state index in [-0.39, 0.29) is 85.8 Å². The molecule has 0 aliphatic carbocycles. The second-order valence-corrected chi connectivity index (χ2v) is 0. The molecule has 0 aromatic rings. The molecule has 0 heterocycles. The van der Waals surface area contributed by atoms with Crippen molar-refractivity contribution in [1.82, 2.24) is 0 Å². The molecule has 0 aromatic heterocycles. The van der Waals surface area contributed by atoms with Crippen LogP contribution in [0.15, 0.2) is 0 Å². The SMILES string of the molecule is [C+4].[OH-].[OH-].[OH-].[OH-].[OH-].[OH-].[Sr+2]. The monoisotopic (exact) mass is 202 g/mol. The minimum Gasteiger partial charge on any atom is -0.870 e. The third kappa shape index (κ3) is 183. The van der Waals surface area contributed by atoms with Crippen LogP contribution in [0.25, 0.3) is 0 Å². The Balaban J connectivity index is 0. The molecule has 0 aliphatic rings. The van der Waals surface area contributed by atoms with Crippen molar-refractivity contribution in [2.24, 2.45) is 0 Å². The Kier molecular flexibility index (Phi) is 14300.